The summed E-state index contributed by atoms with van der Waals surface area (Å²) in [6.07, 6.45) is 7.77. The van der Waals surface area contributed by atoms with Gasteiger partial charge < -0.3 is 5.32 Å². The summed E-state index contributed by atoms with van der Waals surface area (Å²) in [4.78, 5) is 8.91. The van der Waals surface area contributed by atoms with Crippen molar-refractivity contribution in [2.75, 3.05) is 19.6 Å². The predicted octanol–water partition coefficient (Wildman–Crippen LogP) is 3.58. The van der Waals surface area contributed by atoms with E-state index >= 15 is 0 Å². The maximum atomic E-state index is 4.87. The number of aromatic nitrogens is 1. The zero-order chi connectivity index (χ0) is 14.2. The molecular weight excluding hydrogens is 266 g/mol. The normalized spacial score (nSPS) is 17.3. The number of rotatable bonds is 7. The van der Waals surface area contributed by atoms with Crippen molar-refractivity contribution >= 4 is 11.3 Å². The number of aryl methyl sites for hydroxylation is 1. The largest absolute Gasteiger partial charge is 0.312 e. The lowest BCUT2D eigenvalue weighted by Gasteiger charge is -2.17. The molecular formula is C16H29N3S. The number of likely N-dealkylation sites (tertiary alicyclic amines) is 1. The molecule has 2 rings (SSSR count). The van der Waals surface area contributed by atoms with Crippen molar-refractivity contribution in [3.8, 4) is 0 Å². The molecule has 0 bridgehead atoms. The van der Waals surface area contributed by atoms with Gasteiger partial charge in [0.25, 0.3) is 0 Å². The molecule has 0 radical (unpaired) electrons. The second-order valence-corrected chi connectivity index (χ2v) is 6.87. The van der Waals surface area contributed by atoms with Crippen LogP contribution in [0.1, 0.15) is 61.5 Å². The van der Waals surface area contributed by atoms with Gasteiger partial charge in [0.2, 0.25) is 0 Å². The molecule has 1 fully saturated rings. The van der Waals surface area contributed by atoms with Gasteiger partial charge in [-0.3, -0.25) is 4.90 Å². The van der Waals surface area contributed by atoms with Gasteiger partial charge in [-0.2, -0.15) is 0 Å². The number of nitrogens with one attached hydrogen (secondary N) is 1. The minimum absolute atomic E-state index is 0.995. The third-order valence-electron chi connectivity index (χ3n) is 3.93. The quantitative estimate of drug-likeness (QED) is 0.779. The molecule has 4 heteroatoms. The SMILES string of the molecule is CCCNCc1sc(CN2CCCCCC2)nc1CC. The summed E-state index contributed by atoms with van der Waals surface area (Å²) in [6.45, 7) is 10.1. The van der Waals surface area contributed by atoms with Crippen LogP contribution in [0.3, 0.4) is 0 Å². The first-order valence-electron chi connectivity index (χ1n) is 8.24. The van der Waals surface area contributed by atoms with E-state index in [4.69, 9.17) is 4.98 Å². The van der Waals surface area contributed by atoms with Crippen LogP contribution in [0.5, 0.6) is 0 Å². The highest BCUT2D eigenvalue weighted by Gasteiger charge is 2.14. The zero-order valence-corrected chi connectivity index (χ0v) is 13.9. The third-order valence-corrected chi connectivity index (χ3v) is 5.01. The lowest BCUT2D eigenvalue weighted by Crippen LogP contribution is -2.23. The molecule has 1 aromatic heterocycles. The molecule has 0 saturated carbocycles. The van der Waals surface area contributed by atoms with Crippen molar-refractivity contribution in [2.45, 2.75) is 65.5 Å². The third kappa shape index (κ3) is 4.83. The van der Waals surface area contributed by atoms with Gasteiger partial charge in [-0.1, -0.05) is 26.7 Å². The lowest BCUT2D eigenvalue weighted by molar-refractivity contribution is 0.276. The number of nitrogens with zero attached hydrogens (tertiary/aromatic N) is 2. The summed E-state index contributed by atoms with van der Waals surface area (Å²) in [5.41, 5.74) is 1.31. The molecule has 1 aromatic rings. The Kier molecular flexibility index (Phi) is 6.97. The molecule has 2 heterocycles. The van der Waals surface area contributed by atoms with Crippen molar-refractivity contribution in [3.05, 3.63) is 15.6 Å². The molecule has 1 saturated heterocycles. The van der Waals surface area contributed by atoms with E-state index < -0.39 is 0 Å². The fraction of sp³-hybridized carbons (Fsp3) is 0.812. The molecule has 1 aliphatic heterocycles. The van der Waals surface area contributed by atoms with Crippen molar-refractivity contribution in [3.63, 3.8) is 0 Å². The van der Waals surface area contributed by atoms with Gasteiger partial charge in [-0.25, -0.2) is 4.98 Å². The molecule has 0 unspecified atom stereocenters. The summed E-state index contributed by atoms with van der Waals surface area (Å²) in [7, 11) is 0. The number of hydrogen-bond donors (Lipinski definition) is 1. The fourth-order valence-electron chi connectivity index (χ4n) is 2.78. The molecule has 114 valence electrons. The minimum atomic E-state index is 0.995. The summed E-state index contributed by atoms with van der Waals surface area (Å²) in [5, 5.41) is 4.83. The fourth-order valence-corrected chi connectivity index (χ4v) is 3.95. The first-order chi connectivity index (χ1) is 9.83. The summed E-state index contributed by atoms with van der Waals surface area (Å²) >= 11 is 1.92. The second-order valence-electron chi connectivity index (χ2n) is 5.70. The smallest absolute Gasteiger partial charge is 0.107 e. The van der Waals surface area contributed by atoms with Crippen molar-refractivity contribution in [1.29, 1.82) is 0 Å². The first-order valence-corrected chi connectivity index (χ1v) is 9.05. The van der Waals surface area contributed by atoms with E-state index in [1.165, 1.54) is 60.8 Å². The standard InChI is InChI=1S/C16H29N3S/c1-3-9-17-12-15-14(4-2)18-16(20-15)13-19-10-7-5-6-8-11-19/h17H,3-13H2,1-2H3. The molecule has 0 amide bonds. The van der Waals surface area contributed by atoms with Crippen LogP contribution >= 0.6 is 11.3 Å². The topological polar surface area (TPSA) is 28.2 Å². The van der Waals surface area contributed by atoms with Crippen LogP contribution in [0, 0.1) is 0 Å². The van der Waals surface area contributed by atoms with E-state index in [1.54, 1.807) is 0 Å². The second kappa shape index (κ2) is 8.75. The molecule has 0 spiro atoms. The molecule has 3 nitrogen and oxygen atoms in total. The van der Waals surface area contributed by atoms with Crippen molar-refractivity contribution in [2.24, 2.45) is 0 Å². The molecule has 0 aromatic carbocycles. The Hall–Kier alpha value is -0.450. The Labute approximate surface area is 127 Å². The Morgan fingerprint density at radius 3 is 2.55 bits per heavy atom. The molecule has 1 aliphatic rings. The van der Waals surface area contributed by atoms with Gasteiger partial charge in [0.1, 0.15) is 5.01 Å². The Balaban J connectivity index is 1.93. The predicted molar refractivity (Wildman–Crippen MR) is 87.2 cm³/mol. The zero-order valence-electron chi connectivity index (χ0n) is 13.1. The van der Waals surface area contributed by atoms with Gasteiger partial charge >= 0.3 is 0 Å². The number of thiazole rings is 1. The van der Waals surface area contributed by atoms with E-state index in [0.29, 0.717) is 0 Å². The van der Waals surface area contributed by atoms with Gasteiger partial charge in [0.15, 0.2) is 0 Å². The lowest BCUT2D eigenvalue weighted by atomic mass is 10.2. The van der Waals surface area contributed by atoms with Crippen LogP contribution in [0.25, 0.3) is 0 Å². The van der Waals surface area contributed by atoms with Gasteiger partial charge in [0.05, 0.1) is 12.2 Å². The average Bonchev–Trinajstić information content (AvgIpc) is 2.66. The average molecular weight is 295 g/mol. The van der Waals surface area contributed by atoms with E-state index in [2.05, 4.69) is 24.1 Å². The highest BCUT2D eigenvalue weighted by Crippen LogP contribution is 2.22. The van der Waals surface area contributed by atoms with Crippen molar-refractivity contribution in [1.82, 2.24) is 15.2 Å². The monoisotopic (exact) mass is 295 g/mol. The van der Waals surface area contributed by atoms with Gasteiger partial charge in [0, 0.05) is 11.4 Å². The Morgan fingerprint density at radius 2 is 1.90 bits per heavy atom. The highest BCUT2D eigenvalue weighted by molar-refractivity contribution is 7.11. The van der Waals surface area contributed by atoms with Crippen LogP contribution in [0.4, 0.5) is 0 Å². The number of hydrogen-bond acceptors (Lipinski definition) is 4. The van der Waals surface area contributed by atoms with Crippen LogP contribution in [-0.4, -0.2) is 29.5 Å². The van der Waals surface area contributed by atoms with Crippen LogP contribution < -0.4 is 5.32 Å². The van der Waals surface area contributed by atoms with E-state index in [-0.39, 0.29) is 0 Å². The summed E-state index contributed by atoms with van der Waals surface area (Å²) < 4.78 is 0. The van der Waals surface area contributed by atoms with E-state index in [9.17, 15) is 0 Å². The van der Waals surface area contributed by atoms with Crippen molar-refractivity contribution < 1.29 is 0 Å². The molecule has 1 N–H and O–H groups in total. The van der Waals surface area contributed by atoms with Crippen LogP contribution in [0.15, 0.2) is 0 Å². The molecule has 0 aliphatic carbocycles. The maximum absolute atomic E-state index is 4.87. The highest BCUT2D eigenvalue weighted by atomic mass is 32.1. The van der Waals surface area contributed by atoms with E-state index in [1.807, 2.05) is 11.3 Å². The van der Waals surface area contributed by atoms with Gasteiger partial charge in [-0.05, 0) is 45.3 Å². The van der Waals surface area contributed by atoms with Gasteiger partial charge in [-0.15, -0.1) is 11.3 Å². The van der Waals surface area contributed by atoms with Crippen LogP contribution in [-0.2, 0) is 19.5 Å². The van der Waals surface area contributed by atoms with Crippen LogP contribution in [0.2, 0.25) is 0 Å². The van der Waals surface area contributed by atoms with E-state index in [0.717, 1.165) is 26.1 Å². The minimum Gasteiger partial charge on any atom is -0.312 e. The maximum Gasteiger partial charge on any atom is 0.107 e. The Bertz CT molecular complexity index is 381. The molecule has 20 heavy (non-hydrogen) atoms. The summed E-state index contributed by atoms with van der Waals surface area (Å²) in [5.74, 6) is 0. The summed E-state index contributed by atoms with van der Waals surface area (Å²) in [6, 6.07) is 0. The first kappa shape index (κ1) is 15.9. The Morgan fingerprint density at radius 1 is 1.15 bits per heavy atom. The molecule has 0 atom stereocenters.